The lowest BCUT2D eigenvalue weighted by molar-refractivity contribution is 0.0691. The van der Waals surface area contributed by atoms with E-state index in [1.807, 2.05) is 13.2 Å². The molecule has 0 saturated carbocycles. The van der Waals surface area contributed by atoms with Crippen LogP contribution in [0.25, 0.3) is 0 Å². The predicted octanol–water partition coefficient (Wildman–Crippen LogP) is 2.71. The average molecular weight is 400 g/mol. The third-order valence-corrected chi connectivity index (χ3v) is 5.42. The molecule has 0 spiro atoms. The summed E-state index contributed by atoms with van der Waals surface area (Å²) >= 11 is 4.46. The fourth-order valence-electron chi connectivity index (χ4n) is 1.63. The lowest BCUT2D eigenvalue weighted by atomic mass is 10.2. The molecule has 9 heteroatoms. The second kappa shape index (κ2) is 7.57. The number of halogens is 2. The molecule has 1 aromatic rings. The third kappa shape index (κ3) is 4.67. The Morgan fingerprint density at radius 2 is 2.14 bits per heavy atom. The summed E-state index contributed by atoms with van der Waals surface area (Å²) in [6, 6.07) is 1.72. The monoisotopic (exact) mass is 399 g/mol. The zero-order valence-corrected chi connectivity index (χ0v) is 14.6. The van der Waals surface area contributed by atoms with Crippen LogP contribution in [0.15, 0.2) is 21.5 Å². The number of hydrogen-bond acceptors (Lipinski definition) is 4. The second-order valence-electron chi connectivity index (χ2n) is 4.25. The number of carbonyl (C=O) groups is 1. The van der Waals surface area contributed by atoms with E-state index in [9.17, 15) is 17.6 Å². The van der Waals surface area contributed by atoms with Gasteiger partial charge in [-0.2, -0.15) is 11.8 Å². The molecule has 0 aliphatic rings. The van der Waals surface area contributed by atoms with E-state index in [2.05, 4.69) is 20.7 Å². The van der Waals surface area contributed by atoms with Gasteiger partial charge in [0.05, 0.1) is 5.56 Å². The van der Waals surface area contributed by atoms with Gasteiger partial charge in [-0.25, -0.2) is 22.3 Å². The van der Waals surface area contributed by atoms with Gasteiger partial charge in [-0.05, 0) is 24.8 Å². The molecule has 0 aliphatic heterocycles. The predicted molar refractivity (Wildman–Crippen MR) is 83.8 cm³/mol. The SMILES string of the molecule is CCC(CSC)NS(=O)(=O)c1cc(Br)cc(C(=O)O)c1F. The zero-order valence-electron chi connectivity index (χ0n) is 11.4. The number of rotatable bonds is 7. The highest BCUT2D eigenvalue weighted by atomic mass is 79.9. The van der Waals surface area contributed by atoms with Crippen molar-refractivity contribution in [3.63, 3.8) is 0 Å². The Morgan fingerprint density at radius 1 is 1.52 bits per heavy atom. The molecule has 0 radical (unpaired) electrons. The van der Waals surface area contributed by atoms with E-state index in [0.29, 0.717) is 12.2 Å². The quantitative estimate of drug-likeness (QED) is 0.736. The maximum absolute atomic E-state index is 14.1. The van der Waals surface area contributed by atoms with Crippen molar-refractivity contribution in [3.8, 4) is 0 Å². The highest BCUT2D eigenvalue weighted by Crippen LogP contribution is 2.24. The maximum Gasteiger partial charge on any atom is 0.338 e. The van der Waals surface area contributed by atoms with Gasteiger partial charge in [0.15, 0.2) is 5.82 Å². The van der Waals surface area contributed by atoms with E-state index in [1.165, 1.54) is 11.8 Å². The first-order chi connectivity index (χ1) is 9.72. The number of nitrogens with one attached hydrogen (secondary N) is 1. The van der Waals surface area contributed by atoms with Crippen LogP contribution in [0.5, 0.6) is 0 Å². The molecule has 0 aromatic heterocycles. The van der Waals surface area contributed by atoms with Crippen molar-refractivity contribution >= 4 is 43.7 Å². The Labute approximate surface area is 135 Å². The standard InChI is InChI=1S/C12H15BrFNO4S2/c1-3-8(6-20-2)15-21(18,19)10-5-7(13)4-9(11(10)14)12(16)17/h4-5,8,15H,3,6H2,1-2H3,(H,16,17). The minimum atomic E-state index is -4.13. The number of sulfonamides is 1. The Bertz CT molecular complexity index is 636. The average Bonchev–Trinajstić information content (AvgIpc) is 2.39. The van der Waals surface area contributed by atoms with E-state index in [0.717, 1.165) is 12.1 Å². The van der Waals surface area contributed by atoms with Crippen LogP contribution in [-0.2, 0) is 10.0 Å². The minimum Gasteiger partial charge on any atom is -0.478 e. The summed E-state index contributed by atoms with van der Waals surface area (Å²) in [5, 5.41) is 8.91. The lowest BCUT2D eigenvalue weighted by Gasteiger charge is -2.17. The first-order valence-corrected chi connectivity index (χ1v) is 9.63. The first-order valence-electron chi connectivity index (χ1n) is 5.96. The van der Waals surface area contributed by atoms with Crippen molar-refractivity contribution in [1.29, 1.82) is 0 Å². The fourth-order valence-corrected chi connectivity index (χ4v) is 4.51. The topological polar surface area (TPSA) is 83.5 Å². The van der Waals surface area contributed by atoms with Crippen LogP contribution >= 0.6 is 27.7 Å². The number of carboxylic acid groups (broad SMARTS) is 1. The summed E-state index contributed by atoms with van der Waals surface area (Å²) in [5.41, 5.74) is -0.692. The van der Waals surface area contributed by atoms with Crippen LogP contribution in [0.2, 0.25) is 0 Å². The lowest BCUT2D eigenvalue weighted by Crippen LogP contribution is -2.36. The van der Waals surface area contributed by atoms with Gasteiger partial charge >= 0.3 is 5.97 Å². The molecule has 0 aliphatic carbocycles. The van der Waals surface area contributed by atoms with Gasteiger partial charge in [0, 0.05) is 16.3 Å². The molecule has 21 heavy (non-hydrogen) atoms. The molecular formula is C12H15BrFNO4S2. The van der Waals surface area contributed by atoms with Crippen molar-refractivity contribution in [1.82, 2.24) is 4.72 Å². The van der Waals surface area contributed by atoms with E-state index < -0.39 is 32.3 Å². The second-order valence-corrected chi connectivity index (χ2v) is 7.76. The fraction of sp³-hybridized carbons (Fsp3) is 0.417. The summed E-state index contributed by atoms with van der Waals surface area (Å²) in [6.07, 6.45) is 2.38. The van der Waals surface area contributed by atoms with Crippen LogP contribution in [-0.4, -0.2) is 37.5 Å². The van der Waals surface area contributed by atoms with Gasteiger partial charge in [-0.15, -0.1) is 0 Å². The Morgan fingerprint density at radius 3 is 2.62 bits per heavy atom. The molecule has 1 rings (SSSR count). The molecule has 0 amide bonds. The van der Waals surface area contributed by atoms with Gasteiger partial charge < -0.3 is 5.11 Å². The summed E-state index contributed by atoms with van der Waals surface area (Å²) in [5.74, 6) is -2.25. The van der Waals surface area contributed by atoms with Gasteiger partial charge in [0.2, 0.25) is 10.0 Å². The summed E-state index contributed by atoms with van der Waals surface area (Å²) in [7, 11) is -4.13. The molecule has 0 bridgehead atoms. The first kappa shape index (κ1) is 18.4. The number of aromatic carboxylic acids is 1. The smallest absolute Gasteiger partial charge is 0.338 e. The Balaban J connectivity index is 3.28. The highest BCUT2D eigenvalue weighted by molar-refractivity contribution is 9.10. The van der Waals surface area contributed by atoms with Crippen LogP contribution in [0, 0.1) is 5.82 Å². The van der Waals surface area contributed by atoms with Crippen LogP contribution in [0.1, 0.15) is 23.7 Å². The minimum absolute atomic E-state index is 0.180. The molecule has 2 N–H and O–H groups in total. The molecule has 1 unspecified atom stereocenters. The maximum atomic E-state index is 14.1. The number of carboxylic acids is 1. The zero-order chi connectivity index (χ0) is 16.2. The number of hydrogen-bond donors (Lipinski definition) is 2. The molecule has 5 nitrogen and oxygen atoms in total. The van der Waals surface area contributed by atoms with Crippen LogP contribution < -0.4 is 4.72 Å². The molecule has 1 aromatic carbocycles. The van der Waals surface area contributed by atoms with Crippen molar-refractivity contribution in [3.05, 3.63) is 28.0 Å². The van der Waals surface area contributed by atoms with E-state index in [1.54, 1.807) is 0 Å². The van der Waals surface area contributed by atoms with Crippen molar-refractivity contribution < 1.29 is 22.7 Å². The van der Waals surface area contributed by atoms with Gasteiger partial charge in [-0.3, -0.25) is 0 Å². The normalized spacial score (nSPS) is 13.1. The van der Waals surface area contributed by atoms with Gasteiger partial charge in [0.1, 0.15) is 4.90 Å². The van der Waals surface area contributed by atoms with E-state index >= 15 is 0 Å². The summed E-state index contributed by atoms with van der Waals surface area (Å²) in [4.78, 5) is 10.3. The van der Waals surface area contributed by atoms with Crippen LogP contribution in [0.3, 0.4) is 0 Å². The summed E-state index contributed by atoms with van der Waals surface area (Å²) in [6.45, 7) is 1.81. The van der Waals surface area contributed by atoms with Gasteiger partial charge in [-0.1, -0.05) is 22.9 Å². The number of benzene rings is 1. The van der Waals surface area contributed by atoms with Gasteiger partial charge in [0.25, 0.3) is 0 Å². The molecule has 1 atom stereocenters. The third-order valence-electron chi connectivity index (χ3n) is 2.71. The summed E-state index contributed by atoms with van der Waals surface area (Å²) < 4.78 is 41.2. The van der Waals surface area contributed by atoms with Crippen molar-refractivity contribution in [2.45, 2.75) is 24.3 Å². The van der Waals surface area contributed by atoms with E-state index in [-0.39, 0.29) is 10.5 Å². The molecule has 0 heterocycles. The Hall–Kier alpha value is -0.640. The molecular weight excluding hydrogens is 385 g/mol. The van der Waals surface area contributed by atoms with Crippen molar-refractivity contribution in [2.24, 2.45) is 0 Å². The molecule has 118 valence electrons. The largest absolute Gasteiger partial charge is 0.478 e. The highest BCUT2D eigenvalue weighted by Gasteiger charge is 2.26. The van der Waals surface area contributed by atoms with E-state index in [4.69, 9.17) is 5.11 Å². The molecule has 0 saturated heterocycles. The van der Waals surface area contributed by atoms with Crippen molar-refractivity contribution in [2.75, 3.05) is 12.0 Å². The van der Waals surface area contributed by atoms with Crippen LogP contribution in [0.4, 0.5) is 4.39 Å². The number of thioether (sulfide) groups is 1. The molecule has 0 fully saturated rings. The Kier molecular flexibility index (Phi) is 6.64.